The van der Waals surface area contributed by atoms with Crippen LogP contribution < -0.4 is 15.0 Å². The van der Waals surface area contributed by atoms with E-state index in [1.807, 2.05) is 41.8 Å². The van der Waals surface area contributed by atoms with Gasteiger partial charge in [0.05, 0.1) is 23.4 Å². The van der Waals surface area contributed by atoms with Crippen LogP contribution in [0.1, 0.15) is 18.5 Å². The van der Waals surface area contributed by atoms with Crippen LogP contribution >= 0.6 is 23.1 Å². The molecule has 158 valence electrons. The van der Waals surface area contributed by atoms with Crippen LogP contribution in [0.2, 0.25) is 0 Å². The molecule has 4 rings (SSSR count). The summed E-state index contributed by atoms with van der Waals surface area (Å²) in [5.41, 5.74) is 1.99. The highest BCUT2D eigenvalue weighted by molar-refractivity contribution is 7.99. The molecule has 0 spiro atoms. The quantitative estimate of drug-likeness (QED) is 0.556. The number of aromatic nitrogens is 1. The summed E-state index contributed by atoms with van der Waals surface area (Å²) in [6.07, 6.45) is 2.06. The molecular formula is C22H25N3O3S2. The average Bonchev–Trinajstić information content (AvgIpc) is 3.46. The molecule has 1 aliphatic heterocycles. The third-order valence-corrected chi connectivity index (χ3v) is 6.86. The molecule has 6 nitrogen and oxygen atoms in total. The van der Waals surface area contributed by atoms with Crippen molar-refractivity contribution < 1.29 is 14.1 Å². The molecule has 0 aliphatic carbocycles. The fourth-order valence-electron chi connectivity index (χ4n) is 3.57. The number of thioether (sulfide) groups is 1. The highest BCUT2D eigenvalue weighted by Gasteiger charge is 2.22. The predicted octanol–water partition coefficient (Wildman–Crippen LogP) is 4.43. The number of methoxy groups -OCH3 is 1. The minimum atomic E-state index is 0.0690. The van der Waals surface area contributed by atoms with E-state index in [-0.39, 0.29) is 11.9 Å². The molecule has 1 unspecified atom stereocenters. The molecule has 0 bridgehead atoms. The number of carbonyl (C=O) groups excluding carboxylic acids is 1. The first-order chi connectivity index (χ1) is 14.7. The molecule has 1 amide bonds. The summed E-state index contributed by atoms with van der Waals surface area (Å²) < 4.78 is 10.7. The smallest absolute Gasteiger partial charge is 0.230 e. The van der Waals surface area contributed by atoms with Gasteiger partial charge in [-0.2, -0.15) is 0 Å². The molecule has 1 fully saturated rings. The second-order valence-corrected chi connectivity index (χ2v) is 9.14. The largest absolute Gasteiger partial charge is 0.497 e. The van der Waals surface area contributed by atoms with Crippen LogP contribution in [0.3, 0.4) is 0 Å². The van der Waals surface area contributed by atoms with Gasteiger partial charge in [-0.15, -0.1) is 23.1 Å². The zero-order valence-corrected chi connectivity index (χ0v) is 18.5. The van der Waals surface area contributed by atoms with Crippen molar-refractivity contribution in [3.05, 3.63) is 53.5 Å². The van der Waals surface area contributed by atoms with Crippen LogP contribution in [0, 0.1) is 0 Å². The van der Waals surface area contributed by atoms with E-state index in [4.69, 9.17) is 9.26 Å². The van der Waals surface area contributed by atoms with E-state index in [1.165, 1.54) is 0 Å². The maximum atomic E-state index is 12.4. The van der Waals surface area contributed by atoms with Crippen molar-refractivity contribution in [2.45, 2.75) is 24.6 Å². The number of rotatable bonds is 8. The van der Waals surface area contributed by atoms with Gasteiger partial charge in [-0.1, -0.05) is 17.3 Å². The van der Waals surface area contributed by atoms with Crippen molar-refractivity contribution in [1.29, 1.82) is 0 Å². The van der Waals surface area contributed by atoms with E-state index >= 15 is 0 Å². The maximum absolute atomic E-state index is 12.4. The number of anilines is 1. The van der Waals surface area contributed by atoms with E-state index in [9.17, 15) is 4.79 Å². The molecule has 3 heterocycles. The minimum Gasteiger partial charge on any atom is -0.497 e. The van der Waals surface area contributed by atoms with Gasteiger partial charge < -0.3 is 19.5 Å². The van der Waals surface area contributed by atoms with Gasteiger partial charge in [0.2, 0.25) is 5.91 Å². The number of thiophene rings is 1. The Hall–Kier alpha value is -2.45. The minimum absolute atomic E-state index is 0.0690. The van der Waals surface area contributed by atoms with Gasteiger partial charge >= 0.3 is 0 Å². The molecule has 1 saturated heterocycles. The van der Waals surface area contributed by atoms with Crippen LogP contribution in [0.15, 0.2) is 52.4 Å². The normalized spacial score (nSPS) is 16.4. The molecule has 3 aromatic rings. The SMILES string of the molecule is COc1cccc(N2CCCC(NC(=O)CSCc3cc(-c4cccs4)on3)C2)c1. The Kier molecular flexibility index (Phi) is 6.96. The van der Waals surface area contributed by atoms with Crippen LogP contribution in [0.4, 0.5) is 5.69 Å². The lowest BCUT2D eigenvalue weighted by Crippen LogP contribution is -2.48. The number of amides is 1. The van der Waals surface area contributed by atoms with Crippen molar-refractivity contribution in [2.24, 2.45) is 0 Å². The summed E-state index contributed by atoms with van der Waals surface area (Å²) in [5, 5.41) is 9.30. The van der Waals surface area contributed by atoms with Gasteiger partial charge in [-0.25, -0.2) is 0 Å². The topological polar surface area (TPSA) is 67.6 Å². The molecule has 1 aromatic carbocycles. The van der Waals surface area contributed by atoms with E-state index in [1.54, 1.807) is 30.2 Å². The van der Waals surface area contributed by atoms with E-state index < -0.39 is 0 Å². The Morgan fingerprint density at radius 2 is 2.30 bits per heavy atom. The first-order valence-electron chi connectivity index (χ1n) is 9.97. The van der Waals surface area contributed by atoms with Crippen LogP contribution in [-0.4, -0.2) is 43.1 Å². The summed E-state index contributed by atoms with van der Waals surface area (Å²) in [6, 6.07) is 14.2. The molecular weight excluding hydrogens is 418 g/mol. The molecule has 1 aliphatic rings. The molecule has 0 saturated carbocycles. The Labute approximate surface area is 184 Å². The van der Waals surface area contributed by atoms with Gasteiger partial charge in [0.1, 0.15) is 5.75 Å². The van der Waals surface area contributed by atoms with Crippen molar-refractivity contribution in [2.75, 3.05) is 30.9 Å². The van der Waals surface area contributed by atoms with E-state index in [2.05, 4.69) is 21.4 Å². The summed E-state index contributed by atoms with van der Waals surface area (Å²) >= 11 is 3.18. The zero-order chi connectivity index (χ0) is 20.8. The lowest BCUT2D eigenvalue weighted by atomic mass is 10.0. The summed E-state index contributed by atoms with van der Waals surface area (Å²) in [4.78, 5) is 15.8. The van der Waals surface area contributed by atoms with Crippen LogP contribution in [-0.2, 0) is 10.5 Å². The second-order valence-electron chi connectivity index (χ2n) is 7.21. The Bertz CT molecular complexity index is 958. The fourth-order valence-corrected chi connectivity index (χ4v) is 4.96. The Morgan fingerprint density at radius 1 is 1.37 bits per heavy atom. The molecule has 1 atom stereocenters. The van der Waals surface area contributed by atoms with Crippen LogP contribution in [0.25, 0.3) is 10.6 Å². The van der Waals surface area contributed by atoms with Crippen molar-refractivity contribution in [3.63, 3.8) is 0 Å². The highest BCUT2D eigenvalue weighted by atomic mass is 32.2. The number of hydrogen-bond acceptors (Lipinski definition) is 7. The van der Waals surface area contributed by atoms with Gasteiger partial charge in [0.15, 0.2) is 5.76 Å². The predicted molar refractivity (Wildman–Crippen MR) is 122 cm³/mol. The zero-order valence-electron chi connectivity index (χ0n) is 16.9. The molecule has 0 radical (unpaired) electrons. The summed E-state index contributed by atoms with van der Waals surface area (Å²) in [6.45, 7) is 1.81. The van der Waals surface area contributed by atoms with Gasteiger partial charge in [0, 0.05) is 42.7 Å². The monoisotopic (exact) mass is 443 g/mol. The molecule has 1 N–H and O–H groups in total. The number of piperidine rings is 1. The lowest BCUT2D eigenvalue weighted by molar-refractivity contribution is -0.119. The fraction of sp³-hybridized carbons (Fsp3) is 0.364. The molecule has 2 aromatic heterocycles. The number of carbonyl (C=O) groups is 1. The Balaban J connectivity index is 1.23. The van der Waals surface area contributed by atoms with Crippen molar-refractivity contribution >= 4 is 34.7 Å². The standard InChI is InChI=1S/C22H25N3O3S2/c1-27-19-7-2-6-18(12-19)25-9-3-5-16(13-25)23-22(26)15-29-14-17-11-20(28-24-17)21-8-4-10-30-21/h2,4,6-8,10-12,16H,3,5,9,13-15H2,1H3,(H,23,26). The van der Waals surface area contributed by atoms with Gasteiger partial charge in [0.25, 0.3) is 0 Å². The number of hydrogen-bond donors (Lipinski definition) is 1. The van der Waals surface area contributed by atoms with Gasteiger partial charge in [-0.3, -0.25) is 4.79 Å². The highest BCUT2D eigenvalue weighted by Crippen LogP contribution is 2.27. The molecule has 8 heteroatoms. The average molecular weight is 444 g/mol. The van der Waals surface area contributed by atoms with Crippen LogP contribution in [0.5, 0.6) is 5.75 Å². The third-order valence-electron chi connectivity index (χ3n) is 5.01. The second kappa shape index (κ2) is 10.0. The number of nitrogens with zero attached hydrogens (tertiary/aromatic N) is 2. The molecule has 30 heavy (non-hydrogen) atoms. The van der Waals surface area contributed by atoms with Gasteiger partial charge in [-0.05, 0) is 36.4 Å². The van der Waals surface area contributed by atoms with Crippen molar-refractivity contribution in [3.8, 4) is 16.4 Å². The first kappa shape index (κ1) is 20.8. The summed E-state index contributed by atoms with van der Waals surface area (Å²) in [5.74, 6) is 2.77. The maximum Gasteiger partial charge on any atom is 0.230 e. The number of benzene rings is 1. The van der Waals surface area contributed by atoms with E-state index in [0.717, 1.165) is 53.7 Å². The summed E-state index contributed by atoms with van der Waals surface area (Å²) in [7, 11) is 1.68. The number of nitrogens with one attached hydrogen (secondary N) is 1. The third kappa shape index (κ3) is 5.37. The lowest BCUT2D eigenvalue weighted by Gasteiger charge is -2.35. The first-order valence-corrected chi connectivity index (χ1v) is 12.0. The van der Waals surface area contributed by atoms with Crippen molar-refractivity contribution in [1.82, 2.24) is 10.5 Å². The Morgan fingerprint density at radius 3 is 3.13 bits per heavy atom. The van der Waals surface area contributed by atoms with E-state index in [0.29, 0.717) is 11.5 Å². The number of ether oxygens (including phenoxy) is 1.